The molecule has 31 heavy (non-hydrogen) atoms. The van der Waals surface area contributed by atoms with Crippen molar-refractivity contribution >= 4 is 22.6 Å². The van der Waals surface area contributed by atoms with E-state index in [1.807, 2.05) is 7.05 Å². The van der Waals surface area contributed by atoms with E-state index in [1.54, 1.807) is 0 Å². The lowest BCUT2D eigenvalue weighted by molar-refractivity contribution is 0.00807. The van der Waals surface area contributed by atoms with Gasteiger partial charge in [-0.2, -0.15) is 4.37 Å². The summed E-state index contributed by atoms with van der Waals surface area (Å²) in [5.41, 5.74) is 0.358. The van der Waals surface area contributed by atoms with Crippen LogP contribution in [0.3, 0.4) is 0 Å². The topological polar surface area (TPSA) is 69.1 Å². The van der Waals surface area contributed by atoms with Gasteiger partial charge in [0.25, 0.3) is 0 Å². The molecule has 4 rings (SSSR count). The Morgan fingerprint density at radius 3 is 2.48 bits per heavy atom. The van der Waals surface area contributed by atoms with Gasteiger partial charge in [-0.05, 0) is 12.8 Å². The number of anilines is 1. The fraction of sp³-hybridized carbons (Fsp3) is 0.864. The van der Waals surface area contributed by atoms with Crippen molar-refractivity contribution in [3.63, 3.8) is 0 Å². The molecule has 0 atom stereocenters. The molecule has 9 heteroatoms. The van der Waals surface area contributed by atoms with Crippen molar-refractivity contribution in [2.45, 2.75) is 45.4 Å². The number of ether oxygens (including phenoxy) is 1. The molecule has 1 aliphatic carbocycles. The van der Waals surface area contributed by atoms with Crippen molar-refractivity contribution in [3.05, 3.63) is 5.82 Å². The van der Waals surface area contributed by atoms with Crippen LogP contribution in [0.2, 0.25) is 0 Å². The van der Waals surface area contributed by atoms with Gasteiger partial charge in [-0.1, -0.05) is 26.2 Å². The Balaban J connectivity index is 1.31. The van der Waals surface area contributed by atoms with Gasteiger partial charge in [0, 0.05) is 82.8 Å². The lowest BCUT2D eigenvalue weighted by atomic mass is 9.73. The molecule has 0 bridgehead atoms. The largest absolute Gasteiger partial charge is 0.379 e. The van der Waals surface area contributed by atoms with E-state index in [2.05, 4.69) is 41.3 Å². The Morgan fingerprint density at radius 1 is 1.10 bits per heavy atom. The van der Waals surface area contributed by atoms with Gasteiger partial charge < -0.3 is 19.9 Å². The zero-order valence-electron chi connectivity index (χ0n) is 19.3. The molecule has 0 spiro atoms. The molecule has 8 nitrogen and oxygen atoms in total. The third-order valence-electron chi connectivity index (χ3n) is 7.03. The Morgan fingerprint density at radius 2 is 1.84 bits per heavy atom. The SMILES string of the molecule is CCc1nsc(N2CCN(C(=NC)NCC3(CN4CCOCC4)CCCCC3)CC2)n1. The highest BCUT2D eigenvalue weighted by Gasteiger charge is 2.35. The number of nitrogens with one attached hydrogen (secondary N) is 1. The van der Waals surface area contributed by atoms with E-state index in [0.29, 0.717) is 5.41 Å². The lowest BCUT2D eigenvalue weighted by Gasteiger charge is -2.43. The summed E-state index contributed by atoms with van der Waals surface area (Å²) in [4.78, 5) is 16.7. The standard InChI is InChI=1S/C22H39N7OS/c1-3-19-25-21(31-26-19)29-11-9-28(10-12-29)20(23-2)24-17-22(7-5-4-6-8-22)18-27-13-15-30-16-14-27/h3-18H2,1-2H3,(H,23,24). The van der Waals surface area contributed by atoms with Gasteiger partial charge >= 0.3 is 0 Å². The summed E-state index contributed by atoms with van der Waals surface area (Å²) in [6.45, 7) is 12.1. The van der Waals surface area contributed by atoms with E-state index >= 15 is 0 Å². The molecule has 0 unspecified atom stereocenters. The van der Waals surface area contributed by atoms with Gasteiger partial charge in [-0.25, -0.2) is 4.98 Å². The molecule has 0 aromatic carbocycles. The van der Waals surface area contributed by atoms with E-state index in [1.165, 1.54) is 50.2 Å². The van der Waals surface area contributed by atoms with Gasteiger partial charge in [0.05, 0.1) is 13.2 Å². The van der Waals surface area contributed by atoms with E-state index in [9.17, 15) is 0 Å². The van der Waals surface area contributed by atoms with Gasteiger partial charge in [0.15, 0.2) is 5.96 Å². The van der Waals surface area contributed by atoms with Crippen molar-refractivity contribution in [3.8, 4) is 0 Å². The molecule has 3 fully saturated rings. The summed E-state index contributed by atoms with van der Waals surface area (Å²) in [6.07, 6.45) is 7.62. The first-order valence-electron chi connectivity index (χ1n) is 12.0. The van der Waals surface area contributed by atoms with Crippen molar-refractivity contribution in [1.29, 1.82) is 0 Å². The van der Waals surface area contributed by atoms with Crippen LogP contribution in [0.5, 0.6) is 0 Å². The number of hydrogen-bond acceptors (Lipinski definition) is 7. The van der Waals surface area contributed by atoms with Gasteiger partial charge in [0.2, 0.25) is 5.13 Å². The van der Waals surface area contributed by atoms with E-state index in [4.69, 9.17) is 4.74 Å². The maximum atomic E-state index is 5.57. The maximum absolute atomic E-state index is 5.57. The summed E-state index contributed by atoms with van der Waals surface area (Å²) in [5.74, 6) is 2.01. The fourth-order valence-electron chi connectivity index (χ4n) is 5.15. The molecule has 3 aliphatic rings. The highest BCUT2D eigenvalue weighted by atomic mass is 32.1. The second-order valence-electron chi connectivity index (χ2n) is 9.17. The number of piperazine rings is 1. The molecule has 0 radical (unpaired) electrons. The Bertz CT molecular complexity index is 704. The summed E-state index contributed by atoms with van der Waals surface area (Å²) >= 11 is 1.53. The first kappa shape index (κ1) is 22.7. The van der Waals surface area contributed by atoms with E-state index in [0.717, 1.165) is 82.4 Å². The minimum atomic E-state index is 0.358. The summed E-state index contributed by atoms with van der Waals surface area (Å²) in [5, 5.41) is 4.84. The number of nitrogens with zero attached hydrogens (tertiary/aromatic N) is 6. The maximum Gasteiger partial charge on any atom is 0.205 e. The van der Waals surface area contributed by atoms with Crippen LogP contribution in [0, 0.1) is 5.41 Å². The summed E-state index contributed by atoms with van der Waals surface area (Å²) in [7, 11) is 1.92. The third-order valence-corrected chi connectivity index (χ3v) is 7.85. The molecule has 174 valence electrons. The first-order chi connectivity index (χ1) is 15.2. The number of hydrogen-bond donors (Lipinski definition) is 1. The van der Waals surface area contributed by atoms with Crippen molar-refractivity contribution in [2.24, 2.45) is 10.4 Å². The van der Waals surface area contributed by atoms with Crippen LogP contribution in [-0.4, -0.2) is 97.7 Å². The molecule has 1 aromatic rings. The lowest BCUT2D eigenvalue weighted by Crippen LogP contribution is -2.55. The van der Waals surface area contributed by atoms with Crippen molar-refractivity contribution < 1.29 is 4.74 Å². The number of morpholine rings is 1. The number of aromatic nitrogens is 2. The second kappa shape index (κ2) is 10.9. The van der Waals surface area contributed by atoms with Crippen LogP contribution >= 0.6 is 11.5 Å². The zero-order chi connectivity index (χ0) is 21.5. The Labute approximate surface area is 191 Å². The molecular weight excluding hydrogens is 410 g/mol. The zero-order valence-corrected chi connectivity index (χ0v) is 20.1. The number of guanidine groups is 1. The van der Waals surface area contributed by atoms with Crippen LogP contribution < -0.4 is 10.2 Å². The first-order valence-corrected chi connectivity index (χ1v) is 12.8. The molecule has 2 saturated heterocycles. The fourth-order valence-corrected chi connectivity index (χ4v) is 5.95. The number of aliphatic imine (C=N–C) groups is 1. The predicted octanol–water partition coefficient (Wildman–Crippen LogP) is 2.08. The summed E-state index contributed by atoms with van der Waals surface area (Å²) < 4.78 is 10.0. The quantitative estimate of drug-likeness (QED) is 0.527. The van der Waals surface area contributed by atoms with Gasteiger partial charge in [-0.3, -0.25) is 9.89 Å². The molecule has 0 amide bonds. The van der Waals surface area contributed by atoms with Crippen LogP contribution in [0.15, 0.2) is 4.99 Å². The smallest absolute Gasteiger partial charge is 0.205 e. The minimum Gasteiger partial charge on any atom is -0.379 e. The average molecular weight is 450 g/mol. The van der Waals surface area contributed by atoms with E-state index in [-0.39, 0.29) is 0 Å². The highest BCUT2D eigenvalue weighted by molar-refractivity contribution is 7.09. The monoisotopic (exact) mass is 449 g/mol. The van der Waals surface area contributed by atoms with Crippen molar-refractivity contribution in [2.75, 3.05) is 77.5 Å². The predicted molar refractivity (Wildman–Crippen MR) is 127 cm³/mol. The highest BCUT2D eigenvalue weighted by Crippen LogP contribution is 2.37. The second-order valence-corrected chi connectivity index (χ2v) is 9.90. The molecule has 1 saturated carbocycles. The normalized spacial score (nSPS) is 23.2. The number of rotatable bonds is 6. The summed E-state index contributed by atoms with van der Waals surface area (Å²) in [6, 6.07) is 0. The number of aryl methyl sites for hydroxylation is 1. The van der Waals surface area contributed by atoms with Gasteiger partial charge in [0.1, 0.15) is 5.82 Å². The van der Waals surface area contributed by atoms with Gasteiger partial charge in [-0.15, -0.1) is 0 Å². The minimum absolute atomic E-state index is 0.358. The average Bonchev–Trinajstić information content (AvgIpc) is 3.31. The molecule has 1 N–H and O–H groups in total. The van der Waals surface area contributed by atoms with Crippen molar-refractivity contribution in [1.82, 2.24) is 24.5 Å². The molecular formula is C22H39N7OS. The Kier molecular flexibility index (Phi) is 8.01. The third kappa shape index (κ3) is 5.87. The molecule has 3 heterocycles. The van der Waals surface area contributed by atoms with Crippen LogP contribution in [0.4, 0.5) is 5.13 Å². The van der Waals surface area contributed by atoms with Crippen LogP contribution in [0.25, 0.3) is 0 Å². The van der Waals surface area contributed by atoms with E-state index < -0.39 is 0 Å². The Hall–Kier alpha value is -1.45. The van der Waals surface area contributed by atoms with Crippen LogP contribution in [0.1, 0.15) is 44.9 Å². The van der Waals surface area contributed by atoms with Crippen LogP contribution in [-0.2, 0) is 11.2 Å². The molecule has 1 aromatic heterocycles. The molecule has 2 aliphatic heterocycles.